The van der Waals surface area contributed by atoms with Crippen LogP contribution in [0.2, 0.25) is 5.02 Å². The molecule has 3 heterocycles. The molecule has 3 aromatic heterocycles. The summed E-state index contributed by atoms with van der Waals surface area (Å²) in [6.45, 7) is 4.29. The molecule has 0 saturated heterocycles. The van der Waals surface area contributed by atoms with Gasteiger partial charge in [-0.2, -0.15) is 10.1 Å². The smallest absolute Gasteiger partial charge is 0.407 e. The zero-order valence-corrected chi connectivity index (χ0v) is 32.8. The summed E-state index contributed by atoms with van der Waals surface area (Å²) < 4.78 is 56.7. The zero-order valence-electron chi connectivity index (χ0n) is 32.1. The molecule has 14 nitrogen and oxygen atoms in total. The van der Waals surface area contributed by atoms with E-state index in [1.54, 1.807) is 76.5 Å². The Morgan fingerprint density at radius 3 is 2.36 bits per heavy atom. The molecule has 302 valence electrons. The number of nitrogens with zero attached hydrogens (tertiary/aromatic N) is 6. The van der Waals surface area contributed by atoms with Gasteiger partial charge in [0.1, 0.15) is 5.60 Å². The van der Waals surface area contributed by atoms with E-state index in [-0.39, 0.29) is 28.5 Å². The number of amides is 1. The predicted octanol–water partition coefficient (Wildman–Crippen LogP) is 7.17. The van der Waals surface area contributed by atoms with E-state index in [0.717, 1.165) is 9.13 Å². The van der Waals surface area contributed by atoms with Crippen molar-refractivity contribution < 1.29 is 32.2 Å². The van der Waals surface area contributed by atoms with Crippen LogP contribution >= 0.6 is 11.6 Å². The summed E-state index contributed by atoms with van der Waals surface area (Å²) in [7, 11) is 2.94. The van der Waals surface area contributed by atoms with Gasteiger partial charge in [-0.05, 0) is 67.8 Å². The van der Waals surface area contributed by atoms with Crippen molar-refractivity contribution in [2.24, 2.45) is 7.05 Å². The topological polar surface area (TPSA) is 164 Å². The number of hydrogen-bond donors (Lipinski definition) is 2. The Morgan fingerprint density at radius 2 is 1.68 bits per heavy atom. The number of fused-ring (bicyclic) bond motifs is 2. The summed E-state index contributed by atoms with van der Waals surface area (Å²) in [5.74, 6) is -5.69. The summed E-state index contributed by atoms with van der Waals surface area (Å²) >= 11 is 6.81. The van der Waals surface area contributed by atoms with Crippen molar-refractivity contribution in [3.05, 3.63) is 139 Å². The molecule has 4 aromatic carbocycles. The summed E-state index contributed by atoms with van der Waals surface area (Å²) in [5, 5.41) is 11.6. The van der Waals surface area contributed by atoms with Gasteiger partial charge in [0.05, 0.1) is 47.3 Å². The third-order valence-corrected chi connectivity index (χ3v) is 9.41. The molecule has 1 amide bonds. The molecule has 7 rings (SSSR count). The van der Waals surface area contributed by atoms with Crippen LogP contribution in [0.5, 0.6) is 0 Å². The van der Waals surface area contributed by atoms with Gasteiger partial charge < -0.3 is 20.1 Å². The number of esters is 1. The third kappa shape index (κ3) is 8.09. The van der Waals surface area contributed by atoms with Gasteiger partial charge in [-0.25, -0.2) is 36.9 Å². The Labute approximate surface area is 337 Å². The first kappa shape index (κ1) is 40.2. The maximum atomic E-state index is 14.8. The molecule has 0 saturated carbocycles. The number of hydrogen-bond acceptors (Lipinski definition) is 10. The van der Waals surface area contributed by atoms with Crippen molar-refractivity contribution in [1.82, 2.24) is 34.2 Å². The van der Waals surface area contributed by atoms with Crippen molar-refractivity contribution in [2.75, 3.05) is 12.4 Å². The maximum Gasteiger partial charge on any atom is 0.407 e. The number of aromatic nitrogens is 6. The van der Waals surface area contributed by atoms with Crippen molar-refractivity contribution in [3.8, 4) is 16.8 Å². The second-order valence-electron chi connectivity index (χ2n) is 14.4. The van der Waals surface area contributed by atoms with Crippen LogP contribution in [0.4, 0.5) is 29.6 Å². The molecule has 0 aliphatic heterocycles. The second kappa shape index (κ2) is 15.7. The molecule has 59 heavy (non-hydrogen) atoms. The van der Waals surface area contributed by atoms with Crippen molar-refractivity contribution in [3.63, 3.8) is 0 Å². The number of benzene rings is 4. The summed E-state index contributed by atoms with van der Waals surface area (Å²) in [6.07, 6.45) is 3.74. The fourth-order valence-corrected chi connectivity index (χ4v) is 6.84. The number of pyridine rings is 1. The van der Waals surface area contributed by atoms with Gasteiger partial charge in [-0.3, -0.25) is 14.2 Å². The molecular weight excluding hydrogens is 793 g/mol. The quantitative estimate of drug-likeness (QED) is 0.113. The summed E-state index contributed by atoms with van der Waals surface area (Å²) in [5.41, 5.74) is -0.754. The largest absolute Gasteiger partial charge is 0.465 e. The van der Waals surface area contributed by atoms with Crippen molar-refractivity contribution in [2.45, 2.75) is 39.5 Å². The van der Waals surface area contributed by atoms with Gasteiger partial charge in [-0.1, -0.05) is 41.9 Å². The number of anilines is 2. The van der Waals surface area contributed by atoms with E-state index in [1.807, 2.05) is 0 Å². The minimum atomic E-state index is -1.71. The molecule has 0 spiro atoms. The lowest BCUT2D eigenvalue weighted by Crippen LogP contribution is -2.42. The number of carbonyl (C=O) groups is 2. The Hall–Kier alpha value is -7.01. The Balaban J connectivity index is 1.43. The second-order valence-corrected chi connectivity index (χ2v) is 14.8. The normalized spacial score (nSPS) is 11.5. The predicted molar refractivity (Wildman–Crippen MR) is 214 cm³/mol. The van der Waals surface area contributed by atoms with Gasteiger partial charge >= 0.3 is 23.4 Å². The third-order valence-electron chi connectivity index (χ3n) is 9.11. The van der Waals surface area contributed by atoms with Gasteiger partial charge in [0.15, 0.2) is 17.5 Å². The molecule has 18 heteroatoms. The average molecular weight is 827 g/mol. The van der Waals surface area contributed by atoms with Crippen molar-refractivity contribution >= 4 is 57.0 Å². The maximum absolute atomic E-state index is 14.8. The monoisotopic (exact) mass is 826 g/mol. The van der Waals surface area contributed by atoms with Crippen molar-refractivity contribution in [1.29, 1.82) is 0 Å². The Bertz CT molecular complexity index is 2910. The first-order chi connectivity index (χ1) is 28.0. The molecule has 0 aliphatic rings. The van der Waals surface area contributed by atoms with Crippen LogP contribution in [0.25, 0.3) is 38.5 Å². The molecule has 0 atom stereocenters. The van der Waals surface area contributed by atoms with E-state index >= 15 is 0 Å². The van der Waals surface area contributed by atoms with Gasteiger partial charge in [0.25, 0.3) is 0 Å². The van der Waals surface area contributed by atoms with Crippen LogP contribution in [-0.4, -0.2) is 53.7 Å². The molecule has 0 aliphatic carbocycles. The van der Waals surface area contributed by atoms with E-state index in [0.29, 0.717) is 56.1 Å². The number of alkyl carbamates (subject to hydrolysis) is 1. The molecule has 0 radical (unpaired) electrons. The average Bonchev–Trinajstić information content (AvgIpc) is 3.56. The number of rotatable bonds is 9. The van der Waals surface area contributed by atoms with Crippen LogP contribution in [-0.2, 0) is 29.6 Å². The van der Waals surface area contributed by atoms with E-state index in [2.05, 4.69) is 25.7 Å². The van der Waals surface area contributed by atoms with Gasteiger partial charge in [-0.15, -0.1) is 0 Å². The fraction of sp³-hybridized carbons (Fsp3) is 0.195. The number of aryl methyl sites for hydroxylation is 1. The van der Waals surface area contributed by atoms with Gasteiger partial charge in [0.2, 0.25) is 5.95 Å². The van der Waals surface area contributed by atoms with Crippen LogP contribution in [0.3, 0.4) is 0 Å². The lowest BCUT2D eigenvalue weighted by atomic mass is 9.97. The molecule has 2 N–H and O–H groups in total. The Morgan fingerprint density at radius 1 is 0.966 bits per heavy atom. The molecule has 0 fully saturated rings. The number of ether oxygens (including phenoxy) is 2. The summed E-state index contributed by atoms with van der Waals surface area (Å²) in [4.78, 5) is 62.5. The lowest BCUT2D eigenvalue weighted by Gasteiger charge is -2.21. The highest BCUT2D eigenvalue weighted by Gasteiger charge is 2.24. The van der Waals surface area contributed by atoms with Gasteiger partial charge in [0, 0.05) is 47.7 Å². The summed E-state index contributed by atoms with van der Waals surface area (Å²) in [6, 6.07) is 14.6. The SMILES string of the molecule is COC(=O)c1ccc(-c2cccc3cncc(-n4c(=O)nc(Nc5c(Cl)cc6nn(C)cc6c5CNC(=O)OC(C)(C)C)n(Cc5cc(F)c(F)c(F)c5)c4=O)c23)cc1. The standard InChI is InChI=1S/C41H34ClF3N8O6/c1-41(2,3)59-39(56)47-17-26-27-20-51(4)50-31(27)15-28(42)35(26)48-37-49-38(55)53(40(57)52(37)19-21-13-29(43)34(45)30(44)14-21)32-18-46-16-24-7-6-8-25(33(24)32)22-9-11-23(12-10-22)36(54)58-5/h6-16,18,20H,17,19H2,1-5H3,(H,47,56)(H,48,49,55). The van der Waals surface area contributed by atoms with Crippen LogP contribution in [0.1, 0.15) is 42.3 Å². The van der Waals surface area contributed by atoms with Crippen LogP contribution in [0, 0.1) is 17.5 Å². The van der Waals surface area contributed by atoms with Crippen LogP contribution < -0.4 is 22.0 Å². The van der Waals surface area contributed by atoms with E-state index < -0.39 is 59.0 Å². The highest BCUT2D eigenvalue weighted by atomic mass is 35.5. The van der Waals surface area contributed by atoms with E-state index in [4.69, 9.17) is 21.1 Å². The zero-order chi connectivity index (χ0) is 42.3. The molecular formula is C41H34ClF3N8O6. The lowest BCUT2D eigenvalue weighted by molar-refractivity contribution is 0.0522. The first-order valence-corrected chi connectivity index (χ1v) is 18.2. The first-order valence-electron chi connectivity index (χ1n) is 17.8. The van der Waals surface area contributed by atoms with Crippen LogP contribution in [0.15, 0.2) is 88.8 Å². The number of methoxy groups -OCH3 is 1. The van der Waals surface area contributed by atoms with E-state index in [1.165, 1.54) is 30.3 Å². The molecule has 0 bridgehead atoms. The molecule has 7 aromatic rings. The van der Waals surface area contributed by atoms with E-state index in [9.17, 15) is 32.3 Å². The highest BCUT2D eigenvalue weighted by Crippen LogP contribution is 2.36. The highest BCUT2D eigenvalue weighted by molar-refractivity contribution is 6.34. The number of halogens is 4. The minimum absolute atomic E-state index is 0.00599. The fourth-order valence-electron chi connectivity index (χ4n) is 6.57. The number of carbonyl (C=O) groups excluding carboxylic acids is 2. The Kier molecular flexibility index (Phi) is 10.7. The molecule has 0 unspecified atom stereocenters. The minimum Gasteiger partial charge on any atom is -0.465 e. The number of nitrogens with one attached hydrogen (secondary N) is 2.